The largest absolute Gasteiger partial charge is 0.385 e. The van der Waals surface area contributed by atoms with Crippen molar-refractivity contribution in [2.24, 2.45) is 0 Å². The summed E-state index contributed by atoms with van der Waals surface area (Å²) >= 11 is 7.01. The van der Waals surface area contributed by atoms with Crippen LogP contribution in [0.2, 0.25) is 0 Å². The predicted octanol–water partition coefficient (Wildman–Crippen LogP) is 3.88. The molecule has 0 amide bonds. The summed E-state index contributed by atoms with van der Waals surface area (Å²) in [5, 5.41) is 16.0. The average Bonchev–Trinajstić information content (AvgIpc) is 3.15. The number of rotatable bonds is 5. The van der Waals surface area contributed by atoms with E-state index in [-0.39, 0.29) is 0 Å². The van der Waals surface area contributed by atoms with Crippen molar-refractivity contribution in [2.45, 2.75) is 12.1 Å². The van der Waals surface area contributed by atoms with Crippen molar-refractivity contribution in [2.75, 3.05) is 0 Å². The molecule has 2 N–H and O–H groups in total. The molecule has 2 heterocycles. The summed E-state index contributed by atoms with van der Waals surface area (Å²) in [6, 6.07) is 18.8. The summed E-state index contributed by atoms with van der Waals surface area (Å²) in [5.41, 5.74) is 1.67. The Hall–Kier alpha value is -2.08. The lowest BCUT2D eigenvalue weighted by atomic mass is 10.0. The number of pyridine rings is 1. The van der Waals surface area contributed by atoms with Crippen molar-refractivity contribution in [3.63, 3.8) is 0 Å². The molecule has 23 heavy (non-hydrogen) atoms. The van der Waals surface area contributed by atoms with E-state index in [0.29, 0.717) is 4.99 Å². The molecule has 116 valence electrons. The van der Waals surface area contributed by atoms with Crippen molar-refractivity contribution >= 4 is 28.5 Å². The Kier molecular flexibility index (Phi) is 5.12. The van der Waals surface area contributed by atoms with Gasteiger partial charge in [-0.05, 0) is 23.6 Å². The Morgan fingerprint density at radius 3 is 2.48 bits per heavy atom. The number of aliphatic hydroxyl groups is 1. The molecule has 0 saturated heterocycles. The molecule has 0 saturated carbocycles. The van der Waals surface area contributed by atoms with Gasteiger partial charge in [0.05, 0.1) is 5.69 Å². The van der Waals surface area contributed by atoms with Crippen LogP contribution in [-0.4, -0.2) is 15.1 Å². The van der Waals surface area contributed by atoms with Crippen LogP contribution in [0.4, 0.5) is 0 Å². The first-order chi connectivity index (χ1) is 11.3. The number of benzene rings is 1. The lowest BCUT2D eigenvalue weighted by molar-refractivity contribution is 0.140. The van der Waals surface area contributed by atoms with E-state index < -0.39 is 12.1 Å². The predicted molar refractivity (Wildman–Crippen MR) is 97.5 cm³/mol. The van der Waals surface area contributed by atoms with Crippen LogP contribution in [0.25, 0.3) is 0 Å². The lowest BCUT2D eigenvalue weighted by Gasteiger charge is -2.24. The van der Waals surface area contributed by atoms with E-state index in [4.69, 9.17) is 12.2 Å². The summed E-state index contributed by atoms with van der Waals surface area (Å²) in [4.78, 5) is 5.85. The van der Waals surface area contributed by atoms with E-state index in [2.05, 4.69) is 10.3 Å². The normalized spacial score (nSPS) is 13.3. The van der Waals surface area contributed by atoms with Gasteiger partial charge in [-0.15, -0.1) is 11.3 Å². The zero-order valence-corrected chi connectivity index (χ0v) is 13.9. The van der Waals surface area contributed by atoms with Crippen molar-refractivity contribution < 1.29 is 5.11 Å². The number of aliphatic hydroxyl groups excluding tert-OH is 1. The smallest absolute Gasteiger partial charge is 0.114 e. The van der Waals surface area contributed by atoms with Gasteiger partial charge in [-0.2, -0.15) is 0 Å². The van der Waals surface area contributed by atoms with Crippen LogP contribution in [0.15, 0.2) is 72.2 Å². The van der Waals surface area contributed by atoms with E-state index in [9.17, 15) is 5.11 Å². The van der Waals surface area contributed by atoms with Crippen molar-refractivity contribution in [3.05, 3.63) is 88.4 Å². The number of nitrogens with one attached hydrogen (secondary N) is 1. The molecule has 3 aromatic rings. The van der Waals surface area contributed by atoms with Gasteiger partial charge in [0.1, 0.15) is 17.1 Å². The first-order valence-electron chi connectivity index (χ1n) is 7.24. The lowest BCUT2D eigenvalue weighted by Crippen LogP contribution is -2.32. The molecule has 1 aromatic carbocycles. The van der Waals surface area contributed by atoms with Crippen LogP contribution in [0.5, 0.6) is 0 Å². The third-order valence-electron chi connectivity index (χ3n) is 3.48. The minimum atomic E-state index is -0.716. The number of hydrogen-bond acceptors (Lipinski definition) is 4. The van der Waals surface area contributed by atoms with Gasteiger partial charge >= 0.3 is 0 Å². The Labute approximate surface area is 144 Å². The van der Waals surface area contributed by atoms with Crippen LogP contribution in [-0.2, 0) is 0 Å². The monoisotopic (exact) mass is 340 g/mol. The molecule has 0 spiro atoms. The van der Waals surface area contributed by atoms with Crippen LogP contribution in [0.1, 0.15) is 28.3 Å². The van der Waals surface area contributed by atoms with E-state index in [1.54, 1.807) is 6.20 Å². The SMILES string of the molecule is OC(c1cccs1)C(NC(=S)c1ccccc1)c1ccccn1. The third-order valence-corrected chi connectivity index (χ3v) is 4.78. The van der Waals surface area contributed by atoms with E-state index in [0.717, 1.165) is 16.1 Å². The van der Waals surface area contributed by atoms with Crippen molar-refractivity contribution in [1.82, 2.24) is 10.3 Å². The minimum Gasteiger partial charge on any atom is -0.385 e. The minimum absolute atomic E-state index is 0.400. The third kappa shape index (κ3) is 3.82. The fourth-order valence-corrected chi connectivity index (χ4v) is 3.32. The van der Waals surface area contributed by atoms with Crippen LogP contribution < -0.4 is 5.32 Å². The first-order valence-corrected chi connectivity index (χ1v) is 8.53. The van der Waals surface area contributed by atoms with Gasteiger partial charge in [-0.25, -0.2) is 0 Å². The number of thiophene rings is 1. The van der Waals surface area contributed by atoms with Gasteiger partial charge < -0.3 is 10.4 Å². The number of thiocarbonyl (C=S) groups is 1. The Bertz CT molecular complexity index is 745. The summed E-state index contributed by atoms with van der Waals surface area (Å²) in [5.74, 6) is 0. The standard InChI is InChI=1S/C18H16N2OS2/c21-17(15-10-6-12-23-15)16(14-9-4-5-11-19-14)20-18(22)13-7-2-1-3-8-13/h1-12,16-17,21H,(H,20,22). The molecule has 0 aliphatic carbocycles. The van der Waals surface area contributed by atoms with E-state index >= 15 is 0 Å². The highest BCUT2D eigenvalue weighted by Crippen LogP contribution is 2.30. The topological polar surface area (TPSA) is 45.1 Å². The Balaban J connectivity index is 1.88. The maximum Gasteiger partial charge on any atom is 0.114 e. The van der Waals surface area contributed by atoms with Gasteiger partial charge in [0.25, 0.3) is 0 Å². The van der Waals surface area contributed by atoms with Crippen LogP contribution in [0, 0.1) is 0 Å². The summed E-state index contributed by atoms with van der Waals surface area (Å²) < 4.78 is 0. The number of nitrogens with zero attached hydrogens (tertiary/aromatic N) is 1. The van der Waals surface area contributed by atoms with Gasteiger partial charge in [0.2, 0.25) is 0 Å². The fourth-order valence-electron chi connectivity index (χ4n) is 2.31. The Morgan fingerprint density at radius 2 is 1.83 bits per heavy atom. The molecule has 5 heteroatoms. The second kappa shape index (κ2) is 7.46. The quantitative estimate of drug-likeness (QED) is 0.692. The van der Waals surface area contributed by atoms with Crippen molar-refractivity contribution in [1.29, 1.82) is 0 Å². The second-order valence-electron chi connectivity index (χ2n) is 5.03. The van der Waals surface area contributed by atoms with Crippen LogP contribution in [0.3, 0.4) is 0 Å². The number of hydrogen-bond donors (Lipinski definition) is 2. The molecule has 0 bridgehead atoms. The first kappa shape index (κ1) is 15.8. The molecule has 0 fully saturated rings. The van der Waals surface area contributed by atoms with Crippen LogP contribution >= 0.6 is 23.6 Å². The molecule has 3 nitrogen and oxygen atoms in total. The maximum atomic E-state index is 10.8. The fraction of sp³-hybridized carbons (Fsp3) is 0.111. The Morgan fingerprint density at radius 1 is 1.04 bits per heavy atom. The number of aromatic nitrogens is 1. The highest BCUT2D eigenvalue weighted by Gasteiger charge is 2.25. The molecule has 2 atom stereocenters. The summed E-state index contributed by atoms with van der Waals surface area (Å²) in [7, 11) is 0. The van der Waals surface area contributed by atoms with E-state index in [1.165, 1.54) is 11.3 Å². The van der Waals surface area contributed by atoms with Gasteiger partial charge in [-0.3, -0.25) is 4.98 Å². The molecule has 3 rings (SSSR count). The maximum absolute atomic E-state index is 10.8. The van der Waals surface area contributed by atoms with Gasteiger partial charge in [-0.1, -0.05) is 54.7 Å². The second-order valence-corrected chi connectivity index (χ2v) is 6.42. The molecule has 0 aliphatic heterocycles. The molecular weight excluding hydrogens is 324 g/mol. The van der Waals surface area contributed by atoms with Gasteiger partial charge in [0.15, 0.2) is 0 Å². The molecule has 2 unspecified atom stereocenters. The van der Waals surface area contributed by atoms with Gasteiger partial charge in [0, 0.05) is 16.6 Å². The highest BCUT2D eigenvalue weighted by atomic mass is 32.1. The molecule has 2 aromatic heterocycles. The van der Waals surface area contributed by atoms with Crippen molar-refractivity contribution in [3.8, 4) is 0 Å². The molecule has 0 aliphatic rings. The highest BCUT2D eigenvalue weighted by molar-refractivity contribution is 7.80. The molecular formula is C18H16N2OS2. The average molecular weight is 340 g/mol. The molecule has 0 radical (unpaired) electrons. The summed E-state index contributed by atoms with van der Waals surface area (Å²) in [6.45, 7) is 0. The van der Waals surface area contributed by atoms with E-state index in [1.807, 2.05) is 66.0 Å². The summed E-state index contributed by atoms with van der Waals surface area (Å²) in [6.07, 6.45) is 1.00. The zero-order valence-electron chi connectivity index (χ0n) is 12.3. The zero-order chi connectivity index (χ0) is 16.1.